The number of rotatable bonds is 6. The fourth-order valence-corrected chi connectivity index (χ4v) is 2.78. The van der Waals surface area contributed by atoms with Crippen molar-refractivity contribution in [1.29, 1.82) is 0 Å². The number of hydrogen-bond acceptors (Lipinski definition) is 3. The third-order valence-corrected chi connectivity index (χ3v) is 4.27. The second-order valence-electron chi connectivity index (χ2n) is 5.77. The Morgan fingerprint density at radius 1 is 1.25 bits per heavy atom. The molecule has 0 aliphatic carbocycles. The van der Waals surface area contributed by atoms with E-state index in [1.807, 2.05) is 0 Å². The molecule has 0 spiro atoms. The minimum absolute atomic E-state index is 0.147. The smallest absolute Gasteiger partial charge is 0.354 e. The van der Waals surface area contributed by atoms with Gasteiger partial charge < -0.3 is 10.6 Å². The van der Waals surface area contributed by atoms with Crippen molar-refractivity contribution in [2.75, 3.05) is 32.7 Å². The van der Waals surface area contributed by atoms with Gasteiger partial charge in [-0.2, -0.15) is 13.2 Å². The minimum Gasteiger partial charge on any atom is -0.354 e. The summed E-state index contributed by atoms with van der Waals surface area (Å²) >= 11 is 5.78. The van der Waals surface area contributed by atoms with E-state index in [1.165, 1.54) is 4.90 Å². The van der Waals surface area contributed by atoms with Gasteiger partial charge in [0, 0.05) is 44.2 Å². The van der Waals surface area contributed by atoms with Gasteiger partial charge in [-0.1, -0.05) is 23.7 Å². The summed E-state index contributed by atoms with van der Waals surface area (Å²) in [5.41, 5.74) is 0.920. The maximum atomic E-state index is 13.2. The summed E-state index contributed by atoms with van der Waals surface area (Å²) in [6, 6.07) is 5.40. The molecule has 4 nitrogen and oxygen atoms in total. The average Bonchev–Trinajstić information content (AvgIpc) is 2.54. The Hall–Kier alpha value is -1.31. The second-order valence-corrected chi connectivity index (χ2v) is 6.21. The van der Waals surface area contributed by atoms with E-state index in [2.05, 4.69) is 10.6 Å². The van der Waals surface area contributed by atoms with Gasteiger partial charge in [0.15, 0.2) is 0 Å². The number of hydrogen-bond donors (Lipinski definition) is 2. The molecule has 1 saturated heterocycles. The summed E-state index contributed by atoms with van der Waals surface area (Å²) in [4.78, 5) is 13.2. The van der Waals surface area contributed by atoms with Crippen LogP contribution in [0, 0.1) is 0 Å². The first-order valence-electron chi connectivity index (χ1n) is 7.89. The largest absolute Gasteiger partial charge is 0.405 e. The minimum atomic E-state index is -4.36. The molecule has 2 N–H and O–H groups in total. The van der Waals surface area contributed by atoms with Gasteiger partial charge in [0.2, 0.25) is 5.91 Å². The molecule has 1 fully saturated rings. The van der Waals surface area contributed by atoms with Crippen LogP contribution in [0.4, 0.5) is 13.2 Å². The molecule has 0 aromatic heterocycles. The summed E-state index contributed by atoms with van der Waals surface area (Å²) in [6.45, 7) is 1.28. The highest BCUT2D eigenvalue weighted by Gasteiger charge is 2.43. The lowest BCUT2D eigenvalue weighted by Gasteiger charge is -2.35. The van der Waals surface area contributed by atoms with E-state index in [4.69, 9.17) is 11.6 Å². The first-order chi connectivity index (χ1) is 11.4. The van der Waals surface area contributed by atoms with Crippen LogP contribution in [0.25, 0.3) is 0 Å². The molecular weight excluding hydrogens is 343 g/mol. The van der Waals surface area contributed by atoms with Crippen molar-refractivity contribution in [2.45, 2.75) is 25.1 Å². The molecule has 134 valence electrons. The highest BCUT2D eigenvalue weighted by Crippen LogP contribution is 2.24. The van der Waals surface area contributed by atoms with Crippen molar-refractivity contribution in [2.24, 2.45) is 0 Å². The third kappa shape index (κ3) is 5.96. The van der Waals surface area contributed by atoms with Gasteiger partial charge in [0.25, 0.3) is 0 Å². The Morgan fingerprint density at radius 3 is 2.46 bits per heavy atom. The molecule has 1 atom stereocenters. The van der Waals surface area contributed by atoms with Gasteiger partial charge in [-0.15, -0.1) is 0 Å². The highest BCUT2D eigenvalue weighted by molar-refractivity contribution is 6.30. The number of halogens is 4. The van der Waals surface area contributed by atoms with Crippen LogP contribution >= 0.6 is 11.6 Å². The first kappa shape index (κ1) is 19.0. The van der Waals surface area contributed by atoms with Crippen molar-refractivity contribution >= 4 is 17.5 Å². The molecule has 2 rings (SSSR count). The molecule has 8 heteroatoms. The zero-order chi connectivity index (χ0) is 17.6. The molecule has 0 saturated carbocycles. The van der Waals surface area contributed by atoms with E-state index in [9.17, 15) is 18.0 Å². The van der Waals surface area contributed by atoms with Crippen LogP contribution in [-0.2, 0) is 11.2 Å². The third-order valence-electron chi connectivity index (χ3n) is 4.02. The van der Waals surface area contributed by atoms with Gasteiger partial charge in [0.05, 0.1) is 0 Å². The van der Waals surface area contributed by atoms with Crippen molar-refractivity contribution in [1.82, 2.24) is 15.5 Å². The molecule has 1 aliphatic rings. The predicted octanol–water partition coefficient (Wildman–Crippen LogP) is 2.22. The van der Waals surface area contributed by atoms with Crippen LogP contribution < -0.4 is 10.6 Å². The van der Waals surface area contributed by atoms with Crippen LogP contribution in [0.3, 0.4) is 0 Å². The van der Waals surface area contributed by atoms with Crippen molar-refractivity contribution in [3.63, 3.8) is 0 Å². The monoisotopic (exact) mass is 363 g/mol. The fourth-order valence-electron chi connectivity index (χ4n) is 2.65. The number of amides is 1. The quantitative estimate of drug-likeness (QED) is 0.814. The maximum absolute atomic E-state index is 13.2. The van der Waals surface area contributed by atoms with Gasteiger partial charge in [0.1, 0.15) is 6.04 Å². The highest BCUT2D eigenvalue weighted by atomic mass is 35.5. The number of carbonyl (C=O) groups excluding carboxylic acids is 1. The zero-order valence-electron chi connectivity index (χ0n) is 13.2. The Balaban J connectivity index is 1.81. The maximum Gasteiger partial charge on any atom is 0.405 e. The van der Waals surface area contributed by atoms with Gasteiger partial charge in [-0.25, -0.2) is 0 Å². The summed E-state index contributed by atoms with van der Waals surface area (Å²) in [7, 11) is 0. The van der Waals surface area contributed by atoms with Gasteiger partial charge in [-0.3, -0.25) is 9.69 Å². The van der Waals surface area contributed by atoms with Crippen molar-refractivity contribution < 1.29 is 18.0 Å². The molecule has 1 unspecified atom stereocenters. The lowest BCUT2D eigenvalue weighted by atomic mass is 10.1. The number of carbonyl (C=O) groups is 1. The number of alkyl halides is 3. The standard InChI is InChI=1S/C16H21ClF3N3O/c17-13-4-1-12(2-5-13)3-6-15(24)22-11-14(16(18,19)20)23-9-7-21-8-10-23/h1-2,4-5,14,21H,3,6-11H2,(H,22,24). The molecule has 0 radical (unpaired) electrons. The SMILES string of the molecule is O=C(CCc1ccc(Cl)cc1)NCC(N1CCNCC1)C(F)(F)F. The Morgan fingerprint density at radius 2 is 1.88 bits per heavy atom. The molecule has 1 amide bonds. The predicted molar refractivity (Wildman–Crippen MR) is 87.1 cm³/mol. The average molecular weight is 364 g/mol. The van der Waals surface area contributed by atoms with Crippen LogP contribution in [0.5, 0.6) is 0 Å². The number of aryl methyl sites for hydroxylation is 1. The first-order valence-corrected chi connectivity index (χ1v) is 8.26. The molecule has 1 heterocycles. The Kier molecular flexibility index (Phi) is 6.89. The van der Waals surface area contributed by atoms with E-state index >= 15 is 0 Å². The van der Waals surface area contributed by atoms with Gasteiger partial charge in [-0.05, 0) is 24.1 Å². The van der Waals surface area contributed by atoms with E-state index in [0.29, 0.717) is 37.6 Å². The topological polar surface area (TPSA) is 44.4 Å². The van der Waals surface area contributed by atoms with Crippen molar-refractivity contribution in [3.05, 3.63) is 34.9 Å². The van der Waals surface area contributed by atoms with E-state index in [0.717, 1.165) is 5.56 Å². The number of piperazine rings is 1. The number of nitrogens with one attached hydrogen (secondary N) is 2. The van der Waals surface area contributed by atoms with Crippen LogP contribution in [-0.4, -0.2) is 55.7 Å². The number of benzene rings is 1. The molecule has 0 bridgehead atoms. The molecule has 24 heavy (non-hydrogen) atoms. The fraction of sp³-hybridized carbons (Fsp3) is 0.562. The number of nitrogens with zero attached hydrogens (tertiary/aromatic N) is 1. The molecule has 1 aliphatic heterocycles. The van der Waals surface area contributed by atoms with Crippen LogP contribution in [0.2, 0.25) is 5.02 Å². The van der Waals surface area contributed by atoms with E-state index < -0.39 is 18.8 Å². The van der Waals surface area contributed by atoms with Crippen LogP contribution in [0.15, 0.2) is 24.3 Å². The summed E-state index contributed by atoms with van der Waals surface area (Å²) in [6.07, 6.45) is -3.75. The van der Waals surface area contributed by atoms with Crippen molar-refractivity contribution in [3.8, 4) is 0 Å². The summed E-state index contributed by atoms with van der Waals surface area (Å²) in [5, 5.41) is 6.05. The Bertz CT molecular complexity index is 530. The molecule has 1 aromatic carbocycles. The van der Waals surface area contributed by atoms with Gasteiger partial charge >= 0.3 is 6.18 Å². The second kappa shape index (κ2) is 8.69. The summed E-state index contributed by atoms with van der Waals surface area (Å²) < 4.78 is 39.7. The molecular formula is C16H21ClF3N3O. The summed E-state index contributed by atoms with van der Waals surface area (Å²) in [5.74, 6) is -0.380. The Labute approximate surface area is 144 Å². The lowest BCUT2D eigenvalue weighted by molar-refractivity contribution is -0.184. The van der Waals surface area contributed by atoms with Crippen LogP contribution in [0.1, 0.15) is 12.0 Å². The zero-order valence-corrected chi connectivity index (χ0v) is 14.0. The van der Waals surface area contributed by atoms with E-state index in [-0.39, 0.29) is 12.3 Å². The normalized spacial score (nSPS) is 17.5. The van der Waals surface area contributed by atoms with E-state index in [1.54, 1.807) is 24.3 Å². The molecule has 1 aromatic rings. The lowest BCUT2D eigenvalue weighted by Crippen LogP contribution is -2.57.